The number of halogens is 3. The van der Waals surface area contributed by atoms with Crippen LogP contribution in [0.3, 0.4) is 0 Å². The zero-order valence-corrected chi connectivity index (χ0v) is 3.92. The van der Waals surface area contributed by atoms with Crippen LogP contribution < -0.4 is 0 Å². The highest BCUT2D eigenvalue weighted by molar-refractivity contribution is 4.70. The Bertz CT molecular complexity index is 44.2. The number of hydrogen-bond donors (Lipinski definition) is 0. The van der Waals surface area contributed by atoms with E-state index in [1.54, 1.807) is 0 Å². The predicted molar refractivity (Wildman–Crippen MR) is 20.6 cm³/mol. The van der Waals surface area contributed by atoms with E-state index >= 15 is 0 Å². The highest BCUT2D eigenvalue weighted by Crippen LogP contribution is 2.15. The molecule has 0 bridgehead atoms. The lowest BCUT2D eigenvalue weighted by atomic mass is 10.3. The highest BCUT2D eigenvalue weighted by Gasteiger charge is 2.18. The first kappa shape index (κ1) is 6.79. The minimum absolute atomic E-state index is 0.137. The molecule has 0 aliphatic rings. The monoisotopic (exact) mass is 111 g/mol. The Balaban J connectivity index is 3.14. The van der Waals surface area contributed by atoms with Gasteiger partial charge < -0.3 is 0 Å². The van der Waals surface area contributed by atoms with Crippen molar-refractivity contribution >= 4 is 0 Å². The summed E-state index contributed by atoms with van der Waals surface area (Å²) in [5.41, 5.74) is 0. The Morgan fingerprint density at radius 2 is 2.00 bits per heavy atom. The molecule has 3 heteroatoms. The summed E-state index contributed by atoms with van der Waals surface area (Å²) in [5, 5.41) is 0. The van der Waals surface area contributed by atoms with Gasteiger partial charge in [0.15, 0.2) is 6.17 Å². The summed E-state index contributed by atoms with van der Waals surface area (Å²) in [7, 11) is 0. The molecule has 0 spiro atoms. The van der Waals surface area contributed by atoms with E-state index in [0.717, 1.165) is 0 Å². The fourth-order valence-corrected chi connectivity index (χ4v) is 0.154. The zero-order valence-electron chi connectivity index (χ0n) is 3.92. The van der Waals surface area contributed by atoms with Crippen LogP contribution in [0.2, 0.25) is 0 Å². The molecule has 1 unspecified atom stereocenters. The molecule has 0 saturated carbocycles. The van der Waals surface area contributed by atoms with Crippen LogP contribution in [0.25, 0.3) is 0 Å². The zero-order chi connectivity index (χ0) is 5.86. The first-order chi connectivity index (χ1) is 3.18. The quantitative estimate of drug-likeness (QED) is 0.512. The van der Waals surface area contributed by atoms with E-state index in [0.29, 0.717) is 0 Å². The molecular weight excluding hydrogens is 105 g/mol. The van der Waals surface area contributed by atoms with Gasteiger partial charge >= 0.3 is 6.43 Å². The molecule has 1 radical (unpaired) electrons. The molecule has 0 aliphatic heterocycles. The predicted octanol–water partition coefficient (Wildman–Crippen LogP) is 2.16. The second kappa shape index (κ2) is 2.88. The maximum absolute atomic E-state index is 11.5. The molecule has 0 saturated heterocycles. The van der Waals surface area contributed by atoms with E-state index in [-0.39, 0.29) is 6.42 Å². The molecule has 0 nitrogen and oxygen atoms in total. The standard InChI is InChI=1S/C4H6F3/c1-2-3(5)4(6)7/h3H,2H2,1H3. The summed E-state index contributed by atoms with van der Waals surface area (Å²) in [6.45, 7) is 1.36. The van der Waals surface area contributed by atoms with Gasteiger partial charge in [-0.25, -0.2) is 4.39 Å². The number of rotatable bonds is 2. The van der Waals surface area contributed by atoms with E-state index < -0.39 is 12.6 Å². The van der Waals surface area contributed by atoms with E-state index in [1.165, 1.54) is 6.92 Å². The first-order valence-electron chi connectivity index (χ1n) is 2.00. The van der Waals surface area contributed by atoms with Gasteiger partial charge in [0.05, 0.1) is 0 Å². The van der Waals surface area contributed by atoms with Crippen molar-refractivity contribution in [3.05, 3.63) is 6.43 Å². The summed E-state index contributed by atoms with van der Waals surface area (Å²) in [6, 6.07) is 0. The SMILES string of the molecule is CCC(F)[C](F)F. The van der Waals surface area contributed by atoms with Gasteiger partial charge in [0, 0.05) is 0 Å². The fourth-order valence-electron chi connectivity index (χ4n) is 0.154. The van der Waals surface area contributed by atoms with Crippen LogP contribution in [0.5, 0.6) is 0 Å². The van der Waals surface area contributed by atoms with Gasteiger partial charge in [0.25, 0.3) is 0 Å². The fraction of sp³-hybridized carbons (Fsp3) is 0.750. The maximum Gasteiger partial charge on any atom is 0.343 e. The largest absolute Gasteiger partial charge is 0.343 e. The van der Waals surface area contributed by atoms with E-state index in [2.05, 4.69) is 0 Å². The van der Waals surface area contributed by atoms with Gasteiger partial charge in [0.2, 0.25) is 0 Å². The van der Waals surface area contributed by atoms with Gasteiger partial charge in [-0.2, -0.15) is 8.78 Å². The molecule has 0 fully saturated rings. The second-order valence-electron chi connectivity index (χ2n) is 1.17. The van der Waals surface area contributed by atoms with Gasteiger partial charge in [-0.05, 0) is 6.42 Å². The second-order valence-corrected chi connectivity index (χ2v) is 1.17. The first-order valence-corrected chi connectivity index (χ1v) is 2.00. The average Bonchev–Trinajstić information content (AvgIpc) is 1.65. The number of hydrogen-bond acceptors (Lipinski definition) is 0. The molecular formula is C4H6F3. The highest BCUT2D eigenvalue weighted by atomic mass is 19.3. The van der Waals surface area contributed by atoms with Crippen LogP contribution in [-0.2, 0) is 0 Å². The van der Waals surface area contributed by atoms with Crippen molar-refractivity contribution in [2.75, 3.05) is 0 Å². The molecule has 0 aromatic heterocycles. The Kier molecular flexibility index (Phi) is 2.79. The van der Waals surface area contributed by atoms with Crippen LogP contribution >= 0.6 is 0 Å². The van der Waals surface area contributed by atoms with Crippen LogP contribution in [0.4, 0.5) is 13.2 Å². The van der Waals surface area contributed by atoms with Crippen molar-refractivity contribution in [3.63, 3.8) is 0 Å². The third-order valence-electron chi connectivity index (χ3n) is 0.595. The van der Waals surface area contributed by atoms with Crippen LogP contribution in [0, 0.1) is 6.43 Å². The van der Waals surface area contributed by atoms with E-state index in [1.807, 2.05) is 0 Å². The van der Waals surface area contributed by atoms with Gasteiger partial charge in [-0.1, -0.05) is 6.92 Å². The third-order valence-corrected chi connectivity index (χ3v) is 0.595. The van der Waals surface area contributed by atoms with E-state index in [4.69, 9.17) is 0 Å². The summed E-state index contributed by atoms with van der Waals surface area (Å²) in [4.78, 5) is 0. The Morgan fingerprint density at radius 3 is 2.00 bits per heavy atom. The van der Waals surface area contributed by atoms with Crippen molar-refractivity contribution in [2.24, 2.45) is 0 Å². The van der Waals surface area contributed by atoms with Crippen molar-refractivity contribution < 1.29 is 13.2 Å². The minimum Gasteiger partial charge on any atom is -0.241 e. The number of alkyl halides is 1. The summed E-state index contributed by atoms with van der Waals surface area (Å²) < 4.78 is 33.4. The normalized spacial score (nSPS) is 15.0. The topological polar surface area (TPSA) is 0 Å². The van der Waals surface area contributed by atoms with Crippen molar-refractivity contribution in [1.82, 2.24) is 0 Å². The lowest BCUT2D eigenvalue weighted by Gasteiger charge is -1.96. The maximum atomic E-state index is 11.5. The Labute approximate surface area is 40.3 Å². The molecule has 43 valence electrons. The van der Waals surface area contributed by atoms with Crippen molar-refractivity contribution in [1.29, 1.82) is 0 Å². The van der Waals surface area contributed by atoms with E-state index in [9.17, 15) is 13.2 Å². The Hall–Kier alpha value is -0.210. The molecule has 0 amide bonds. The molecule has 0 heterocycles. The molecule has 7 heavy (non-hydrogen) atoms. The minimum atomic E-state index is -2.12. The lowest BCUT2D eigenvalue weighted by Crippen LogP contribution is -2.00. The van der Waals surface area contributed by atoms with Gasteiger partial charge in [0.1, 0.15) is 0 Å². The van der Waals surface area contributed by atoms with Crippen molar-refractivity contribution in [2.45, 2.75) is 19.5 Å². The lowest BCUT2D eigenvalue weighted by molar-refractivity contribution is 0.155. The summed E-state index contributed by atoms with van der Waals surface area (Å²) >= 11 is 0. The summed E-state index contributed by atoms with van der Waals surface area (Å²) in [6.07, 6.45) is -4.27. The molecule has 0 aliphatic carbocycles. The smallest absolute Gasteiger partial charge is 0.241 e. The van der Waals surface area contributed by atoms with Crippen LogP contribution in [0.15, 0.2) is 0 Å². The average molecular weight is 111 g/mol. The molecule has 0 N–H and O–H groups in total. The van der Waals surface area contributed by atoms with Gasteiger partial charge in [-0.3, -0.25) is 0 Å². The summed E-state index contributed by atoms with van der Waals surface area (Å²) in [5.74, 6) is 0. The molecule has 0 aromatic rings. The molecule has 0 rings (SSSR count). The van der Waals surface area contributed by atoms with Crippen molar-refractivity contribution in [3.8, 4) is 0 Å². The third kappa shape index (κ3) is 2.48. The van der Waals surface area contributed by atoms with Gasteiger partial charge in [-0.15, -0.1) is 0 Å². The van der Waals surface area contributed by atoms with Crippen LogP contribution in [0.1, 0.15) is 13.3 Å². The molecule has 1 atom stereocenters. The molecule has 0 aromatic carbocycles. The Morgan fingerprint density at radius 1 is 1.57 bits per heavy atom. The van der Waals surface area contributed by atoms with Crippen LogP contribution in [-0.4, -0.2) is 6.17 Å².